The smallest absolute Gasteiger partial charge is 0.0499 e. The first kappa shape index (κ1) is 12.0. The van der Waals surface area contributed by atoms with Gasteiger partial charge in [0.1, 0.15) is 0 Å². The van der Waals surface area contributed by atoms with Gasteiger partial charge in [0.25, 0.3) is 0 Å². The van der Waals surface area contributed by atoms with E-state index in [-0.39, 0.29) is 17.4 Å². The van der Waals surface area contributed by atoms with Gasteiger partial charge in [0, 0.05) is 37.1 Å². The zero-order valence-corrected chi connectivity index (χ0v) is 9.34. The Balaban J connectivity index is 2.20. The van der Waals surface area contributed by atoms with Crippen molar-refractivity contribution in [3.8, 4) is 0 Å². The summed E-state index contributed by atoms with van der Waals surface area (Å²) in [7, 11) is 0. The Kier molecular flexibility index (Phi) is 3.93. The fourth-order valence-corrected chi connectivity index (χ4v) is 1.49. The summed E-state index contributed by atoms with van der Waals surface area (Å²) in [6, 6.07) is 0. The molecule has 1 unspecified atom stereocenters. The molecule has 0 aromatic rings. The van der Waals surface area contributed by atoms with E-state index in [2.05, 4.69) is 19.2 Å². The Hall–Kier alpha value is -0.120. The lowest BCUT2D eigenvalue weighted by Crippen LogP contribution is -2.37. The molecule has 0 bridgehead atoms. The van der Waals surface area contributed by atoms with Crippen molar-refractivity contribution in [2.24, 2.45) is 10.8 Å². The van der Waals surface area contributed by atoms with Crippen LogP contribution in [0.15, 0.2) is 0 Å². The summed E-state index contributed by atoms with van der Waals surface area (Å²) in [5.41, 5.74) is 0.162. The molecule has 0 aliphatic heterocycles. The molecule has 3 N–H and O–H groups in total. The lowest BCUT2D eigenvalue weighted by molar-refractivity contribution is 0.129. The van der Waals surface area contributed by atoms with Crippen LogP contribution < -0.4 is 5.32 Å². The van der Waals surface area contributed by atoms with Gasteiger partial charge in [0.2, 0.25) is 0 Å². The monoisotopic (exact) mass is 201 g/mol. The van der Waals surface area contributed by atoms with E-state index in [1.54, 1.807) is 0 Å². The average Bonchev–Trinajstić information content (AvgIpc) is 2.98. The van der Waals surface area contributed by atoms with Crippen molar-refractivity contribution in [1.29, 1.82) is 0 Å². The minimum absolute atomic E-state index is 0.00840. The van der Waals surface area contributed by atoms with Crippen LogP contribution >= 0.6 is 0 Å². The second kappa shape index (κ2) is 4.60. The number of aliphatic hydroxyl groups excluding tert-OH is 2. The van der Waals surface area contributed by atoms with Crippen LogP contribution in [0.1, 0.15) is 33.1 Å². The Morgan fingerprint density at radius 1 is 1.36 bits per heavy atom. The summed E-state index contributed by atoms with van der Waals surface area (Å²) in [6.45, 7) is 6.42. The molecule has 3 nitrogen and oxygen atoms in total. The number of aliphatic hydroxyl groups is 2. The minimum Gasteiger partial charge on any atom is -0.396 e. The maximum absolute atomic E-state index is 9.20. The molecule has 0 spiro atoms. The number of hydrogen-bond donors (Lipinski definition) is 3. The van der Waals surface area contributed by atoms with Crippen molar-refractivity contribution in [3.05, 3.63) is 0 Å². The molecule has 0 heterocycles. The quantitative estimate of drug-likeness (QED) is 0.570. The molecule has 1 atom stereocenters. The van der Waals surface area contributed by atoms with E-state index < -0.39 is 0 Å². The fraction of sp³-hybridized carbons (Fsp3) is 1.00. The molecule has 3 heteroatoms. The van der Waals surface area contributed by atoms with Gasteiger partial charge in [0.05, 0.1) is 0 Å². The predicted octanol–water partition coefficient (Wildman–Crippen LogP) is 0.757. The summed E-state index contributed by atoms with van der Waals surface area (Å²) >= 11 is 0. The highest BCUT2D eigenvalue weighted by Gasteiger charge is 2.41. The number of rotatable bonds is 7. The highest BCUT2D eigenvalue weighted by Crippen LogP contribution is 2.44. The van der Waals surface area contributed by atoms with Gasteiger partial charge in [-0.25, -0.2) is 0 Å². The molecule has 1 fully saturated rings. The lowest BCUT2D eigenvalue weighted by atomic mass is 9.88. The second-order valence-corrected chi connectivity index (χ2v) is 5.08. The van der Waals surface area contributed by atoms with Gasteiger partial charge in [-0.05, 0) is 19.3 Å². The van der Waals surface area contributed by atoms with E-state index in [1.165, 1.54) is 0 Å². The second-order valence-electron chi connectivity index (χ2n) is 5.08. The van der Waals surface area contributed by atoms with Gasteiger partial charge in [-0.15, -0.1) is 0 Å². The highest BCUT2D eigenvalue weighted by atomic mass is 16.3. The first-order valence-electron chi connectivity index (χ1n) is 5.52. The summed E-state index contributed by atoms with van der Waals surface area (Å²) in [5.74, 6) is 0. The van der Waals surface area contributed by atoms with Gasteiger partial charge >= 0.3 is 0 Å². The van der Waals surface area contributed by atoms with Crippen molar-refractivity contribution in [1.82, 2.24) is 5.32 Å². The topological polar surface area (TPSA) is 52.5 Å². The third-order valence-electron chi connectivity index (χ3n) is 3.58. The van der Waals surface area contributed by atoms with Gasteiger partial charge < -0.3 is 15.5 Å². The van der Waals surface area contributed by atoms with Crippen LogP contribution in [0.5, 0.6) is 0 Å². The molecular formula is C11H23NO2. The summed E-state index contributed by atoms with van der Waals surface area (Å²) < 4.78 is 0. The molecule has 84 valence electrons. The van der Waals surface area contributed by atoms with E-state index in [0.717, 1.165) is 32.4 Å². The predicted molar refractivity (Wildman–Crippen MR) is 57.1 cm³/mol. The molecule has 0 amide bonds. The van der Waals surface area contributed by atoms with Crippen LogP contribution in [-0.2, 0) is 0 Å². The van der Waals surface area contributed by atoms with Gasteiger partial charge in [-0.1, -0.05) is 13.8 Å². The van der Waals surface area contributed by atoms with Crippen molar-refractivity contribution < 1.29 is 10.2 Å². The Morgan fingerprint density at radius 3 is 2.36 bits per heavy atom. The highest BCUT2D eigenvalue weighted by molar-refractivity contribution is 4.94. The maximum Gasteiger partial charge on any atom is 0.0499 e. The van der Waals surface area contributed by atoms with E-state index in [9.17, 15) is 5.11 Å². The zero-order valence-electron chi connectivity index (χ0n) is 9.34. The van der Waals surface area contributed by atoms with Gasteiger partial charge in [-0.3, -0.25) is 0 Å². The van der Waals surface area contributed by atoms with Crippen molar-refractivity contribution >= 4 is 0 Å². The van der Waals surface area contributed by atoms with E-state index in [1.807, 2.05) is 0 Å². The Labute approximate surface area is 86.5 Å². The molecule has 1 aliphatic rings. The van der Waals surface area contributed by atoms with Crippen molar-refractivity contribution in [2.75, 3.05) is 26.3 Å². The van der Waals surface area contributed by atoms with Crippen LogP contribution in [0.25, 0.3) is 0 Å². The molecule has 1 saturated carbocycles. The number of hydrogen-bond acceptors (Lipinski definition) is 3. The lowest BCUT2D eigenvalue weighted by Gasteiger charge is -2.27. The molecule has 0 aromatic carbocycles. The van der Waals surface area contributed by atoms with Gasteiger partial charge in [0.15, 0.2) is 0 Å². The fourth-order valence-electron chi connectivity index (χ4n) is 1.49. The van der Waals surface area contributed by atoms with E-state index in [4.69, 9.17) is 5.11 Å². The third-order valence-corrected chi connectivity index (χ3v) is 3.58. The first-order chi connectivity index (χ1) is 6.60. The van der Waals surface area contributed by atoms with E-state index >= 15 is 0 Å². The maximum atomic E-state index is 9.20. The molecule has 0 radical (unpaired) electrons. The molecule has 1 rings (SSSR count). The summed E-state index contributed by atoms with van der Waals surface area (Å²) in [6.07, 6.45) is 3.25. The zero-order chi connectivity index (χ0) is 10.7. The van der Waals surface area contributed by atoms with Crippen LogP contribution in [0, 0.1) is 10.8 Å². The van der Waals surface area contributed by atoms with Crippen LogP contribution in [0.4, 0.5) is 0 Å². The standard InChI is InChI=1S/C11H23NO2/c1-3-10(2,8-13)6-12-7-11(9-14)4-5-11/h12-14H,3-9H2,1-2H3. The minimum atomic E-state index is -0.00840. The van der Waals surface area contributed by atoms with Crippen molar-refractivity contribution in [2.45, 2.75) is 33.1 Å². The third kappa shape index (κ3) is 2.94. The van der Waals surface area contributed by atoms with Crippen LogP contribution in [-0.4, -0.2) is 36.5 Å². The van der Waals surface area contributed by atoms with Gasteiger partial charge in [-0.2, -0.15) is 0 Å². The number of nitrogens with one attached hydrogen (secondary N) is 1. The average molecular weight is 201 g/mol. The SMILES string of the molecule is CCC(C)(CO)CNCC1(CO)CC1. The molecular weight excluding hydrogens is 178 g/mol. The van der Waals surface area contributed by atoms with Crippen molar-refractivity contribution in [3.63, 3.8) is 0 Å². The Morgan fingerprint density at radius 2 is 2.00 bits per heavy atom. The first-order valence-corrected chi connectivity index (χ1v) is 5.52. The molecule has 14 heavy (non-hydrogen) atoms. The summed E-state index contributed by atoms with van der Waals surface area (Å²) in [4.78, 5) is 0. The van der Waals surface area contributed by atoms with E-state index in [0.29, 0.717) is 6.61 Å². The molecule has 0 saturated heterocycles. The summed E-state index contributed by atoms with van der Waals surface area (Å²) in [5, 5.41) is 21.7. The molecule has 1 aliphatic carbocycles. The molecule has 0 aromatic heterocycles. The van der Waals surface area contributed by atoms with Crippen LogP contribution in [0.3, 0.4) is 0 Å². The largest absolute Gasteiger partial charge is 0.396 e. The Bertz CT molecular complexity index is 174. The van der Waals surface area contributed by atoms with Crippen LogP contribution in [0.2, 0.25) is 0 Å². The normalized spacial score (nSPS) is 23.1.